The summed E-state index contributed by atoms with van der Waals surface area (Å²) in [7, 11) is 0. The lowest BCUT2D eigenvalue weighted by molar-refractivity contribution is 0.693. The number of pyridine rings is 1. The molecule has 2 heterocycles. The lowest BCUT2D eigenvalue weighted by Gasteiger charge is -1.99. The van der Waals surface area contributed by atoms with Crippen LogP contribution in [0.5, 0.6) is 0 Å². The van der Waals surface area contributed by atoms with Crippen LogP contribution in [0.15, 0.2) is 23.1 Å². The topological polar surface area (TPSA) is 30.7 Å². The Bertz CT molecular complexity index is 424. The third-order valence-corrected chi connectivity index (χ3v) is 2.81. The summed E-state index contributed by atoms with van der Waals surface area (Å²) in [6, 6.07) is 0. The van der Waals surface area contributed by atoms with Crippen LogP contribution in [-0.2, 0) is 6.54 Å². The van der Waals surface area contributed by atoms with Crippen LogP contribution < -0.4 is 0 Å². The average molecular weight is 305 g/mol. The van der Waals surface area contributed by atoms with E-state index in [2.05, 4.69) is 41.9 Å². The molecule has 0 unspecified atom stereocenters. The van der Waals surface area contributed by atoms with Gasteiger partial charge in [-0.3, -0.25) is 9.67 Å². The lowest BCUT2D eigenvalue weighted by Crippen LogP contribution is -2.00. The van der Waals surface area contributed by atoms with E-state index in [1.54, 1.807) is 6.20 Å². The van der Waals surface area contributed by atoms with E-state index in [0.29, 0.717) is 0 Å². The van der Waals surface area contributed by atoms with Crippen molar-refractivity contribution in [3.8, 4) is 0 Å². The predicted octanol–water partition coefficient (Wildman–Crippen LogP) is 2.59. The molecule has 5 heteroatoms. The summed E-state index contributed by atoms with van der Waals surface area (Å²) in [6.45, 7) is 0.863. The first-order chi connectivity index (χ1) is 6.33. The first kappa shape index (κ1) is 9.15. The molecule has 2 rings (SSSR count). The van der Waals surface area contributed by atoms with Gasteiger partial charge in [0.15, 0.2) is 0 Å². The minimum Gasteiger partial charge on any atom is -0.262 e. The van der Waals surface area contributed by atoms with Gasteiger partial charge in [-0.25, -0.2) is 0 Å². The Morgan fingerprint density at radius 1 is 1.31 bits per heavy atom. The Morgan fingerprint density at radius 3 is 2.92 bits per heavy atom. The van der Waals surface area contributed by atoms with Crippen molar-refractivity contribution >= 4 is 42.8 Å². The van der Waals surface area contributed by atoms with E-state index in [0.717, 1.165) is 27.3 Å². The van der Waals surface area contributed by atoms with Crippen molar-refractivity contribution in [2.75, 3.05) is 5.33 Å². The predicted molar refractivity (Wildman–Crippen MR) is 59.0 cm³/mol. The highest BCUT2D eigenvalue weighted by Crippen LogP contribution is 2.21. The monoisotopic (exact) mass is 303 g/mol. The minimum absolute atomic E-state index is 0.863. The number of fused-ring (bicyclic) bond motifs is 1. The highest BCUT2D eigenvalue weighted by molar-refractivity contribution is 9.10. The molecule has 0 amide bonds. The first-order valence-electron chi connectivity index (χ1n) is 3.84. The molecule has 0 aliphatic heterocycles. The maximum absolute atomic E-state index is 4.26. The third-order valence-electron chi connectivity index (χ3n) is 1.82. The molecular weight excluding hydrogens is 298 g/mol. The summed E-state index contributed by atoms with van der Waals surface area (Å²) in [6.07, 6.45) is 5.46. The van der Waals surface area contributed by atoms with Gasteiger partial charge in [-0.1, -0.05) is 15.9 Å². The molecule has 0 N–H and O–H groups in total. The molecular formula is C8H7Br2N3. The smallest absolute Gasteiger partial charge is 0.0877 e. The van der Waals surface area contributed by atoms with Crippen molar-refractivity contribution in [1.29, 1.82) is 0 Å². The van der Waals surface area contributed by atoms with E-state index >= 15 is 0 Å². The molecule has 0 saturated heterocycles. The molecule has 3 nitrogen and oxygen atoms in total. The SMILES string of the molecule is BrCCn1ncc2c(Br)cncc21. The molecule has 2 aromatic heterocycles. The zero-order valence-electron chi connectivity index (χ0n) is 6.74. The van der Waals surface area contributed by atoms with E-state index in [4.69, 9.17) is 0 Å². The molecule has 0 bridgehead atoms. The van der Waals surface area contributed by atoms with Crippen LogP contribution >= 0.6 is 31.9 Å². The van der Waals surface area contributed by atoms with Crippen molar-refractivity contribution in [2.45, 2.75) is 6.54 Å². The van der Waals surface area contributed by atoms with E-state index in [1.807, 2.05) is 17.1 Å². The number of aromatic nitrogens is 3. The second kappa shape index (κ2) is 3.75. The average Bonchev–Trinajstić information content (AvgIpc) is 2.51. The molecule has 0 saturated carbocycles. The lowest BCUT2D eigenvalue weighted by atomic mass is 10.3. The van der Waals surface area contributed by atoms with Crippen LogP contribution in [0.1, 0.15) is 0 Å². The summed E-state index contributed by atoms with van der Waals surface area (Å²) in [5, 5.41) is 6.27. The van der Waals surface area contributed by atoms with Gasteiger partial charge >= 0.3 is 0 Å². The second-order valence-electron chi connectivity index (χ2n) is 2.61. The molecule has 0 fully saturated rings. The van der Waals surface area contributed by atoms with Crippen LogP contribution in [0.2, 0.25) is 0 Å². The van der Waals surface area contributed by atoms with E-state index < -0.39 is 0 Å². The van der Waals surface area contributed by atoms with Crippen LogP contribution in [0.4, 0.5) is 0 Å². The summed E-state index contributed by atoms with van der Waals surface area (Å²) >= 11 is 6.82. The summed E-state index contributed by atoms with van der Waals surface area (Å²) in [5.74, 6) is 0. The molecule has 0 radical (unpaired) electrons. The molecule has 0 spiro atoms. The van der Waals surface area contributed by atoms with Crippen LogP contribution in [-0.4, -0.2) is 20.1 Å². The van der Waals surface area contributed by atoms with Gasteiger partial charge in [0.25, 0.3) is 0 Å². The van der Waals surface area contributed by atoms with E-state index in [1.165, 1.54) is 0 Å². The fourth-order valence-electron chi connectivity index (χ4n) is 1.22. The quantitative estimate of drug-likeness (QED) is 0.799. The van der Waals surface area contributed by atoms with Gasteiger partial charge in [0, 0.05) is 21.4 Å². The Kier molecular flexibility index (Phi) is 2.64. The second-order valence-corrected chi connectivity index (χ2v) is 4.26. The molecule has 2 aromatic rings. The fourth-order valence-corrected chi connectivity index (χ4v) is 1.98. The van der Waals surface area contributed by atoms with Gasteiger partial charge < -0.3 is 0 Å². The summed E-state index contributed by atoms with van der Waals surface area (Å²) in [5.41, 5.74) is 1.06. The zero-order valence-corrected chi connectivity index (χ0v) is 9.92. The Balaban J connectivity index is 2.61. The Labute approximate surface area is 92.4 Å². The Hall–Kier alpha value is -0.420. The van der Waals surface area contributed by atoms with Crippen molar-refractivity contribution in [3.63, 3.8) is 0 Å². The third kappa shape index (κ3) is 1.62. The van der Waals surface area contributed by atoms with Crippen LogP contribution in [0.25, 0.3) is 10.9 Å². The van der Waals surface area contributed by atoms with Gasteiger partial charge in [0.1, 0.15) is 0 Å². The highest BCUT2D eigenvalue weighted by Gasteiger charge is 2.04. The van der Waals surface area contributed by atoms with E-state index in [-0.39, 0.29) is 0 Å². The molecule has 13 heavy (non-hydrogen) atoms. The number of hydrogen-bond donors (Lipinski definition) is 0. The highest BCUT2D eigenvalue weighted by atomic mass is 79.9. The zero-order chi connectivity index (χ0) is 9.26. The fraction of sp³-hybridized carbons (Fsp3) is 0.250. The maximum atomic E-state index is 4.26. The maximum Gasteiger partial charge on any atom is 0.0877 e. The minimum atomic E-state index is 0.863. The molecule has 68 valence electrons. The van der Waals surface area contributed by atoms with Gasteiger partial charge in [-0.15, -0.1) is 0 Å². The standard InChI is InChI=1S/C8H7Br2N3/c9-1-2-13-8-5-11-4-7(10)6(8)3-12-13/h3-5H,1-2H2. The molecule has 0 atom stereocenters. The Morgan fingerprint density at radius 2 is 2.15 bits per heavy atom. The first-order valence-corrected chi connectivity index (χ1v) is 5.75. The van der Waals surface area contributed by atoms with Crippen LogP contribution in [0, 0.1) is 0 Å². The number of halogens is 2. The van der Waals surface area contributed by atoms with E-state index in [9.17, 15) is 0 Å². The molecule has 0 aliphatic carbocycles. The van der Waals surface area contributed by atoms with Crippen molar-refractivity contribution in [2.24, 2.45) is 0 Å². The van der Waals surface area contributed by atoms with Crippen LogP contribution in [0.3, 0.4) is 0 Å². The summed E-state index contributed by atoms with van der Waals surface area (Å²) < 4.78 is 2.92. The number of hydrogen-bond acceptors (Lipinski definition) is 2. The summed E-state index contributed by atoms with van der Waals surface area (Å²) in [4.78, 5) is 4.10. The number of aryl methyl sites for hydroxylation is 1. The normalized spacial score (nSPS) is 10.9. The molecule has 0 aromatic carbocycles. The number of nitrogens with zero attached hydrogens (tertiary/aromatic N) is 3. The van der Waals surface area contributed by atoms with Crippen molar-refractivity contribution in [3.05, 3.63) is 23.1 Å². The van der Waals surface area contributed by atoms with Crippen molar-refractivity contribution in [1.82, 2.24) is 14.8 Å². The van der Waals surface area contributed by atoms with Gasteiger partial charge in [-0.2, -0.15) is 5.10 Å². The number of rotatable bonds is 2. The van der Waals surface area contributed by atoms with Gasteiger partial charge in [0.2, 0.25) is 0 Å². The largest absolute Gasteiger partial charge is 0.262 e. The van der Waals surface area contributed by atoms with Gasteiger partial charge in [-0.05, 0) is 15.9 Å². The van der Waals surface area contributed by atoms with Crippen molar-refractivity contribution < 1.29 is 0 Å². The number of alkyl halides is 1. The van der Waals surface area contributed by atoms with Gasteiger partial charge in [0.05, 0.1) is 24.5 Å². The molecule has 0 aliphatic rings.